The highest BCUT2D eigenvalue weighted by Crippen LogP contribution is 2.32. The number of likely N-dealkylation sites (N-methyl/N-ethyl adjacent to an activating group) is 1. The number of carbonyl (C=O) groups excluding carboxylic acids is 1. The van der Waals surface area contributed by atoms with Crippen LogP contribution in [0.3, 0.4) is 0 Å². The van der Waals surface area contributed by atoms with E-state index in [1.807, 2.05) is 18.2 Å². The number of morpholine rings is 1. The number of pyridine rings is 2. The standard InChI is InChI=1S/C32H41N9O5/c1-38(2)28(42)20-40-26-19-34-31(37-29(26)41(32(40)43)22-9-14-44-15-10-22)35-21-5-7-23(8-6-21)46-30-24-4-3-11-33-25(24)18-27(36-30)39-12-16-45-17-13-39/h3-4,11,18-19,21-23H,5-10,12-17,20H2,1-2H3,(H,34,35,37)/t21-,23+. The molecule has 3 aliphatic rings. The summed E-state index contributed by atoms with van der Waals surface area (Å²) < 4.78 is 20.9. The second-order valence-electron chi connectivity index (χ2n) is 12.5. The highest BCUT2D eigenvalue weighted by Gasteiger charge is 2.28. The zero-order chi connectivity index (χ0) is 31.6. The number of fused-ring (bicyclic) bond motifs is 2. The van der Waals surface area contributed by atoms with Crippen molar-refractivity contribution in [2.75, 3.05) is 63.8 Å². The third-order valence-electron chi connectivity index (χ3n) is 9.23. The Morgan fingerprint density at radius 2 is 1.78 bits per heavy atom. The topological polar surface area (TPSA) is 142 Å². The molecule has 6 heterocycles. The van der Waals surface area contributed by atoms with Gasteiger partial charge in [-0.05, 0) is 50.7 Å². The van der Waals surface area contributed by atoms with Gasteiger partial charge in [0.05, 0.1) is 30.3 Å². The maximum absolute atomic E-state index is 13.6. The third-order valence-corrected chi connectivity index (χ3v) is 9.23. The van der Waals surface area contributed by atoms with Crippen LogP contribution < -0.4 is 20.6 Å². The number of ether oxygens (including phenoxy) is 3. The van der Waals surface area contributed by atoms with Crippen molar-refractivity contribution in [3.63, 3.8) is 0 Å². The van der Waals surface area contributed by atoms with Crippen molar-refractivity contribution in [3.8, 4) is 5.88 Å². The number of hydrogen-bond acceptors (Lipinski definition) is 11. The van der Waals surface area contributed by atoms with E-state index in [1.165, 1.54) is 9.47 Å². The summed E-state index contributed by atoms with van der Waals surface area (Å²) in [7, 11) is 3.36. The fourth-order valence-corrected chi connectivity index (χ4v) is 6.57. The van der Waals surface area contributed by atoms with Crippen molar-refractivity contribution in [2.45, 2.75) is 63.3 Å². The highest BCUT2D eigenvalue weighted by molar-refractivity contribution is 5.86. The zero-order valence-corrected chi connectivity index (χ0v) is 26.4. The molecule has 2 aliphatic heterocycles. The molecule has 7 rings (SSSR count). The molecule has 4 aromatic rings. The maximum Gasteiger partial charge on any atom is 0.331 e. The summed E-state index contributed by atoms with van der Waals surface area (Å²) in [5.41, 5.74) is 1.74. The molecule has 2 saturated heterocycles. The molecule has 1 amide bonds. The van der Waals surface area contributed by atoms with E-state index in [4.69, 9.17) is 24.2 Å². The predicted octanol–water partition coefficient (Wildman–Crippen LogP) is 2.61. The van der Waals surface area contributed by atoms with Gasteiger partial charge in [0.15, 0.2) is 5.65 Å². The summed E-state index contributed by atoms with van der Waals surface area (Å²) in [6.45, 7) is 4.05. The molecule has 1 saturated carbocycles. The molecule has 0 radical (unpaired) electrons. The normalized spacial score (nSPS) is 21.0. The van der Waals surface area contributed by atoms with Gasteiger partial charge in [-0.3, -0.25) is 18.9 Å². The van der Waals surface area contributed by atoms with Crippen molar-refractivity contribution >= 4 is 39.7 Å². The van der Waals surface area contributed by atoms with Crippen LogP contribution in [0.2, 0.25) is 0 Å². The second-order valence-corrected chi connectivity index (χ2v) is 12.5. The quantitative estimate of drug-likeness (QED) is 0.307. The monoisotopic (exact) mass is 631 g/mol. The lowest BCUT2D eigenvalue weighted by Gasteiger charge is -2.31. The Morgan fingerprint density at radius 1 is 1.02 bits per heavy atom. The van der Waals surface area contributed by atoms with Gasteiger partial charge >= 0.3 is 5.69 Å². The molecule has 3 fully saturated rings. The molecule has 4 aromatic heterocycles. The summed E-state index contributed by atoms with van der Waals surface area (Å²) in [5, 5.41) is 4.42. The van der Waals surface area contributed by atoms with E-state index in [0.717, 1.165) is 55.5 Å². The van der Waals surface area contributed by atoms with E-state index in [-0.39, 0.29) is 36.3 Å². The molecule has 244 valence electrons. The average Bonchev–Trinajstić information content (AvgIpc) is 3.36. The number of aromatic nitrogens is 6. The van der Waals surface area contributed by atoms with E-state index in [2.05, 4.69) is 20.2 Å². The lowest BCUT2D eigenvalue weighted by atomic mass is 9.93. The van der Waals surface area contributed by atoms with Crippen LogP contribution >= 0.6 is 0 Å². The number of carbonyl (C=O) groups is 1. The van der Waals surface area contributed by atoms with Crippen molar-refractivity contribution in [1.82, 2.24) is 34.0 Å². The van der Waals surface area contributed by atoms with Crippen LogP contribution in [-0.4, -0.2) is 106 Å². The van der Waals surface area contributed by atoms with E-state index < -0.39 is 0 Å². The molecule has 0 spiro atoms. The molecule has 46 heavy (non-hydrogen) atoms. The average molecular weight is 632 g/mol. The summed E-state index contributed by atoms with van der Waals surface area (Å²) in [5.74, 6) is 1.81. The second kappa shape index (κ2) is 13.2. The minimum Gasteiger partial charge on any atom is -0.474 e. The largest absolute Gasteiger partial charge is 0.474 e. The van der Waals surface area contributed by atoms with Crippen LogP contribution in [0, 0.1) is 0 Å². The number of imidazole rings is 1. The van der Waals surface area contributed by atoms with E-state index in [0.29, 0.717) is 62.3 Å². The van der Waals surface area contributed by atoms with Crippen molar-refractivity contribution in [3.05, 3.63) is 41.1 Å². The SMILES string of the molecule is CN(C)C(=O)Cn1c(=O)n(C2CCOCC2)c2nc(N[C@H]3CC[C@@H](Oc4nc(N5CCOCC5)cc5ncccc45)CC3)ncc21. The van der Waals surface area contributed by atoms with E-state index >= 15 is 0 Å². The highest BCUT2D eigenvalue weighted by atomic mass is 16.5. The van der Waals surface area contributed by atoms with Gasteiger partial charge in [-0.2, -0.15) is 9.97 Å². The molecule has 0 unspecified atom stereocenters. The summed E-state index contributed by atoms with van der Waals surface area (Å²) in [4.78, 5) is 48.8. The minimum absolute atomic E-state index is 0.0271. The smallest absolute Gasteiger partial charge is 0.331 e. The first kappa shape index (κ1) is 30.4. The Balaban J connectivity index is 1.06. The first-order valence-electron chi connectivity index (χ1n) is 16.2. The van der Waals surface area contributed by atoms with Crippen LogP contribution in [0.4, 0.5) is 11.8 Å². The van der Waals surface area contributed by atoms with Gasteiger partial charge in [0.2, 0.25) is 17.7 Å². The fraction of sp³-hybridized carbons (Fsp3) is 0.562. The first-order chi connectivity index (χ1) is 22.4. The summed E-state index contributed by atoms with van der Waals surface area (Å²) >= 11 is 0. The van der Waals surface area contributed by atoms with E-state index in [9.17, 15) is 9.59 Å². The van der Waals surface area contributed by atoms with Crippen LogP contribution in [-0.2, 0) is 20.8 Å². The van der Waals surface area contributed by atoms with Crippen LogP contribution in [0.15, 0.2) is 35.4 Å². The Hall–Kier alpha value is -4.30. The number of nitrogens with zero attached hydrogens (tertiary/aromatic N) is 8. The zero-order valence-electron chi connectivity index (χ0n) is 26.4. The molecule has 0 aromatic carbocycles. The Labute approximate surface area is 266 Å². The molecule has 0 bridgehead atoms. The third kappa shape index (κ3) is 6.23. The minimum atomic E-state index is -0.241. The molecule has 14 heteroatoms. The van der Waals surface area contributed by atoms with Crippen LogP contribution in [0.5, 0.6) is 5.88 Å². The molecule has 1 aliphatic carbocycles. The lowest BCUT2D eigenvalue weighted by Crippen LogP contribution is -2.37. The summed E-state index contributed by atoms with van der Waals surface area (Å²) in [6, 6.07) is 6.07. The maximum atomic E-state index is 13.6. The molecule has 0 atom stereocenters. The molecular formula is C32H41N9O5. The van der Waals surface area contributed by atoms with Crippen LogP contribution in [0.25, 0.3) is 22.1 Å². The number of amides is 1. The van der Waals surface area contributed by atoms with Gasteiger partial charge in [-0.25, -0.2) is 9.78 Å². The fourth-order valence-electron chi connectivity index (χ4n) is 6.57. The molecule has 14 nitrogen and oxygen atoms in total. The number of anilines is 2. The summed E-state index contributed by atoms with van der Waals surface area (Å²) in [6.07, 6.45) is 8.35. The molecule has 1 N–H and O–H groups in total. The van der Waals surface area contributed by atoms with Crippen LogP contribution in [0.1, 0.15) is 44.6 Å². The van der Waals surface area contributed by atoms with Gasteiger partial charge in [0.25, 0.3) is 0 Å². The Morgan fingerprint density at radius 3 is 2.54 bits per heavy atom. The van der Waals surface area contributed by atoms with Crippen molar-refractivity contribution in [1.29, 1.82) is 0 Å². The number of nitrogens with one attached hydrogen (secondary N) is 1. The lowest BCUT2D eigenvalue weighted by molar-refractivity contribution is -0.129. The predicted molar refractivity (Wildman–Crippen MR) is 172 cm³/mol. The van der Waals surface area contributed by atoms with Gasteiger partial charge in [0, 0.05) is 64.7 Å². The number of rotatable bonds is 8. The van der Waals surface area contributed by atoms with Gasteiger partial charge in [-0.15, -0.1) is 0 Å². The van der Waals surface area contributed by atoms with Gasteiger partial charge < -0.3 is 29.3 Å². The molecular weight excluding hydrogens is 590 g/mol. The Bertz CT molecular complexity index is 1750. The van der Waals surface area contributed by atoms with Crippen molar-refractivity contribution < 1.29 is 19.0 Å². The van der Waals surface area contributed by atoms with Crippen molar-refractivity contribution in [2.24, 2.45) is 0 Å². The van der Waals surface area contributed by atoms with E-state index in [1.54, 1.807) is 31.1 Å². The first-order valence-corrected chi connectivity index (χ1v) is 16.2. The Kier molecular flexibility index (Phi) is 8.71. The van der Waals surface area contributed by atoms with Gasteiger partial charge in [0.1, 0.15) is 24.0 Å². The van der Waals surface area contributed by atoms with Gasteiger partial charge in [-0.1, -0.05) is 0 Å². The number of hydrogen-bond donors (Lipinski definition) is 1.